The number of rotatable bonds is 6. The summed E-state index contributed by atoms with van der Waals surface area (Å²) in [6, 6.07) is 3.55. The average molecular weight is 282 g/mol. The molecule has 1 aromatic heterocycles. The van der Waals surface area contributed by atoms with Crippen molar-refractivity contribution in [1.82, 2.24) is 9.96 Å². The summed E-state index contributed by atoms with van der Waals surface area (Å²) in [5.41, 5.74) is 0. The Morgan fingerprint density at radius 3 is 2.85 bits per heavy atom. The van der Waals surface area contributed by atoms with E-state index >= 15 is 0 Å². The summed E-state index contributed by atoms with van der Waals surface area (Å²) in [4.78, 5) is 19.0. The second-order valence-electron chi connectivity index (χ2n) is 4.81. The number of amides is 1. The minimum absolute atomic E-state index is 0.271. The predicted molar refractivity (Wildman–Crippen MR) is 73.4 cm³/mol. The quantitative estimate of drug-likeness (QED) is 0.733. The maximum atomic E-state index is 11.8. The molecule has 0 saturated carbocycles. The molecule has 112 valence electrons. The Bertz CT molecular complexity index is 427. The van der Waals surface area contributed by atoms with Crippen LogP contribution in [-0.2, 0) is 16.0 Å². The van der Waals surface area contributed by atoms with Gasteiger partial charge in [0.2, 0.25) is 0 Å². The zero-order valence-electron chi connectivity index (χ0n) is 12.1. The Kier molecular flexibility index (Phi) is 5.58. The van der Waals surface area contributed by atoms with Crippen LogP contribution in [0.25, 0.3) is 0 Å². The Balaban J connectivity index is 1.76. The van der Waals surface area contributed by atoms with Gasteiger partial charge in [0.25, 0.3) is 0 Å². The van der Waals surface area contributed by atoms with Gasteiger partial charge in [-0.15, -0.1) is 0 Å². The second-order valence-corrected chi connectivity index (χ2v) is 4.81. The van der Waals surface area contributed by atoms with Gasteiger partial charge in [-0.25, -0.2) is 5.06 Å². The van der Waals surface area contributed by atoms with Gasteiger partial charge in [0.1, 0.15) is 5.76 Å². The first-order chi connectivity index (χ1) is 9.70. The molecule has 0 N–H and O–H groups in total. The third kappa shape index (κ3) is 4.06. The molecule has 20 heavy (non-hydrogen) atoms. The van der Waals surface area contributed by atoms with Crippen molar-refractivity contribution in [3.05, 3.63) is 23.7 Å². The third-order valence-corrected chi connectivity index (χ3v) is 3.43. The van der Waals surface area contributed by atoms with E-state index in [2.05, 4.69) is 4.90 Å². The van der Waals surface area contributed by atoms with Crippen molar-refractivity contribution < 1.29 is 18.8 Å². The fourth-order valence-corrected chi connectivity index (χ4v) is 2.17. The van der Waals surface area contributed by atoms with Crippen molar-refractivity contribution in [3.8, 4) is 0 Å². The van der Waals surface area contributed by atoms with Gasteiger partial charge >= 0.3 is 5.91 Å². The van der Waals surface area contributed by atoms with Gasteiger partial charge < -0.3 is 9.15 Å². The van der Waals surface area contributed by atoms with Gasteiger partial charge in [0.15, 0.2) is 5.76 Å². The number of morpholine rings is 1. The standard InChI is InChI=1S/C14H22N2O4/c1-15(18-2)14(17)13-6-5-12(20-13)4-3-7-16-8-10-19-11-9-16/h5-6H,3-4,7-11H2,1-2H3. The molecule has 0 aromatic carbocycles. The van der Waals surface area contributed by atoms with Crippen molar-refractivity contribution >= 4 is 5.91 Å². The van der Waals surface area contributed by atoms with Gasteiger partial charge in [-0.05, 0) is 25.1 Å². The van der Waals surface area contributed by atoms with Crippen molar-refractivity contribution in [1.29, 1.82) is 0 Å². The summed E-state index contributed by atoms with van der Waals surface area (Å²) in [6.07, 6.45) is 1.85. The topological polar surface area (TPSA) is 55.2 Å². The molecule has 6 heteroatoms. The largest absolute Gasteiger partial charge is 0.456 e. The summed E-state index contributed by atoms with van der Waals surface area (Å²) < 4.78 is 10.9. The highest BCUT2D eigenvalue weighted by Crippen LogP contribution is 2.12. The van der Waals surface area contributed by atoms with E-state index in [9.17, 15) is 4.79 Å². The first kappa shape index (κ1) is 15.0. The molecule has 0 radical (unpaired) electrons. The smallest absolute Gasteiger partial charge is 0.312 e. The summed E-state index contributed by atoms with van der Waals surface area (Å²) >= 11 is 0. The molecule has 0 bridgehead atoms. The number of hydrogen-bond acceptors (Lipinski definition) is 5. The molecule has 0 spiro atoms. The van der Waals surface area contributed by atoms with Gasteiger partial charge in [-0.1, -0.05) is 0 Å². The van der Waals surface area contributed by atoms with Crippen molar-refractivity contribution in [2.24, 2.45) is 0 Å². The first-order valence-corrected chi connectivity index (χ1v) is 6.91. The number of carbonyl (C=O) groups is 1. The van der Waals surface area contributed by atoms with E-state index in [4.69, 9.17) is 14.0 Å². The Morgan fingerprint density at radius 2 is 2.15 bits per heavy atom. The Labute approximate surface area is 119 Å². The number of aryl methyl sites for hydroxylation is 1. The second kappa shape index (κ2) is 7.42. The molecule has 1 aromatic rings. The molecule has 6 nitrogen and oxygen atoms in total. The summed E-state index contributed by atoms with van der Waals surface area (Å²) in [5.74, 6) is 0.883. The summed E-state index contributed by atoms with van der Waals surface area (Å²) in [5, 5.41) is 1.15. The van der Waals surface area contributed by atoms with Gasteiger partial charge in [-0.2, -0.15) is 0 Å². The van der Waals surface area contributed by atoms with E-state index < -0.39 is 0 Å². The van der Waals surface area contributed by atoms with Gasteiger partial charge in [0, 0.05) is 26.6 Å². The van der Waals surface area contributed by atoms with E-state index in [1.807, 2.05) is 6.07 Å². The number of carbonyl (C=O) groups excluding carboxylic acids is 1. The molecule has 0 aliphatic carbocycles. The number of hydroxylamine groups is 2. The van der Waals surface area contributed by atoms with Crippen LogP contribution in [0.15, 0.2) is 16.5 Å². The monoisotopic (exact) mass is 282 g/mol. The van der Waals surface area contributed by atoms with Crippen molar-refractivity contribution in [2.45, 2.75) is 12.8 Å². The highest BCUT2D eigenvalue weighted by Gasteiger charge is 2.16. The molecule has 1 aliphatic rings. The van der Waals surface area contributed by atoms with Crippen LogP contribution in [0.1, 0.15) is 22.7 Å². The van der Waals surface area contributed by atoms with E-state index in [1.165, 1.54) is 7.11 Å². The molecule has 1 fully saturated rings. The lowest BCUT2D eigenvalue weighted by molar-refractivity contribution is -0.0774. The molecular formula is C14H22N2O4. The minimum atomic E-state index is -0.271. The van der Waals surface area contributed by atoms with E-state index in [-0.39, 0.29) is 5.91 Å². The lowest BCUT2D eigenvalue weighted by atomic mass is 10.2. The zero-order valence-corrected chi connectivity index (χ0v) is 12.1. The fraction of sp³-hybridized carbons (Fsp3) is 0.643. The SMILES string of the molecule is CON(C)C(=O)c1ccc(CCCN2CCOCC2)o1. The van der Waals surface area contributed by atoms with Crippen LogP contribution < -0.4 is 0 Å². The predicted octanol–water partition coefficient (Wildman–Crippen LogP) is 1.18. The summed E-state index contributed by atoms with van der Waals surface area (Å²) in [7, 11) is 3.01. The summed E-state index contributed by atoms with van der Waals surface area (Å²) in [6.45, 7) is 4.68. The lowest BCUT2D eigenvalue weighted by Crippen LogP contribution is -2.36. The normalized spacial score (nSPS) is 16.3. The number of hydrogen-bond donors (Lipinski definition) is 0. The van der Waals surface area contributed by atoms with Crippen LogP contribution in [0, 0.1) is 0 Å². The molecule has 2 rings (SSSR count). The molecular weight excluding hydrogens is 260 g/mol. The van der Waals surface area contributed by atoms with E-state index in [0.717, 1.165) is 56.5 Å². The van der Waals surface area contributed by atoms with Crippen LogP contribution in [-0.4, -0.2) is 62.9 Å². The third-order valence-electron chi connectivity index (χ3n) is 3.43. The number of nitrogens with zero attached hydrogens (tertiary/aromatic N) is 2. The molecule has 2 heterocycles. The van der Waals surface area contributed by atoms with Crippen LogP contribution in [0.4, 0.5) is 0 Å². The molecule has 1 amide bonds. The van der Waals surface area contributed by atoms with E-state index in [1.54, 1.807) is 13.1 Å². The average Bonchev–Trinajstić information content (AvgIpc) is 2.95. The Hall–Kier alpha value is -1.37. The van der Waals surface area contributed by atoms with Gasteiger partial charge in [-0.3, -0.25) is 14.5 Å². The fourth-order valence-electron chi connectivity index (χ4n) is 2.17. The maximum absolute atomic E-state index is 11.8. The van der Waals surface area contributed by atoms with Crippen molar-refractivity contribution in [2.75, 3.05) is 47.0 Å². The van der Waals surface area contributed by atoms with Crippen LogP contribution >= 0.6 is 0 Å². The molecule has 0 unspecified atom stereocenters. The first-order valence-electron chi connectivity index (χ1n) is 6.91. The number of ether oxygens (including phenoxy) is 1. The lowest BCUT2D eigenvalue weighted by Gasteiger charge is -2.26. The number of furan rings is 1. The maximum Gasteiger partial charge on any atom is 0.312 e. The molecule has 1 aliphatic heterocycles. The van der Waals surface area contributed by atoms with Crippen LogP contribution in [0.5, 0.6) is 0 Å². The highest BCUT2D eigenvalue weighted by atomic mass is 16.7. The van der Waals surface area contributed by atoms with Crippen LogP contribution in [0.3, 0.4) is 0 Å². The van der Waals surface area contributed by atoms with Gasteiger partial charge in [0.05, 0.1) is 20.3 Å². The Morgan fingerprint density at radius 1 is 1.40 bits per heavy atom. The minimum Gasteiger partial charge on any atom is -0.456 e. The zero-order chi connectivity index (χ0) is 14.4. The molecule has 0 atom stereocenters. The highest BCUT2D eigenvalue weighted by molar-refractivity contribution is 5.90. The van der Waals surface area contributed by atoms with Crippen LogP contribution in [0.2, 0.25) is 0 Å². The van der Waals surface area contributed by atoms with E-state index in [0.29, 0.717) is 5.76 Å². The molecule has 1 saturated heterocycles. The van der Waals surface area contributed by atoms with Crippen molar-refractivity contribution in [3.63, 3.8) is 0 Å².